The number of para-hydroxylation sites is 1. The fourth-order valence-electron chi connectivity index (χ4n) is 2.03. The zero-order valence-electron chi connectivity index (χ0n) is 9.85. The molecular weight excluding hydrogens is 184 g/mol. The Morgan fingerprint density at radius 1 is 1.20 bits per heavy atom. The number of nitrogens with zero attached hydrogens (tertiary/aromatic N) is 2. The highest BCUT2D eigenvalue weighted by molar-refractivity contribution is 5.46. The second kappa shape index (κ2) is 4.23. The number of benzene rings is 1. The summed E-state index contributed by atoms with van der Waals surface area (Å²) in [5.74, 6) is 0. The van der Waals surface area contributed by atoms with Crippen LogP contribution in [0.3, 0.4) is 0 Å². The molecule has 2 nitrogen and oxygen atoms in total. The zero-order valence-corrected chi connectivity index (χ0v) is 9.85. The van der Waals surface area contributed by atoms with Gasteiger partial charge in [-0.05, 0) is 26.0 Å². The monoisotopic (exact) mass is 204 g/mol. The minimum Gasteiger partial charge on any atom is -0.369 e. The van der Waals surface area contributed by atoms with Gasteiger partial charge in [-0.25, -0.2) is 0 Å². The van der Waals surface area contributed by atoms with E-state index in [4.69, 9.17) is 0 Å². The predicted molar refractivity (Wildman–Crippen MR) is 65.3 cm³/mol. The number of likely N-dealkylation sites (tertiary alicyclic amines) is 1. The zero-order chi connectivity index (χ0) is 10.8. The van der Waals surface area contributed by atoms with Crippen LogP contribution in [0.15, 0.2) is 30.3 Å². The first-order valence-corrected chi connectivity index (χ1v) is 5.70. The van der Waals surface area contributed by atoms with Gasteiger partial charge in [-0.15, -0.1) is 0 Å². The fourth-order valence-corrected chi connectivity index (χ4v) is 2.03. The first-order valence-electron chi connectivity index (χ1n) is 5.70. The first-order chi connectivity index (χ1) is 7.18. The van der Waals surface area contributed by atoms with Crippen LogP contribution in [0.25, 0.3) is 0 Å². The second-order valence-corrected chi connectivity index (χ2v) is 4.65. The third-order valence-electron chi connectivity index (χ3n) is 3.33. The van der Waals surface area contributed by atoms with Gasteiger partial charge in [-0.2, -0.15) is 0 Å². The summed E-state index contributed by atoms with van der Waals surface area (Å²) in [5.41, 5.74) is 1.32. The van der Waals surface area contributed by atoms with Gasteiger partial charge >= 0.3 is 0 Å². The van der Waals surface area contributed by atoms with Crippen molar-refractivity contribution in [3.63, 3.8) is 0 Å². The van der Waals surface area contributed by atoms with Gasteiger partial charge in [0.25, 0.3) is 0 Å². The molecule has 0 aliphatic carbocycles. The Kier molecular flexibility index (Phi) is 2.96. The van der Waals surface area contributed by atoms with Crippen LogP contribution in [0.2, 0.25) is 0 Å². The molecule has 0 unspecified atom stereocenters. The molecule has 1 aliphatic rings. The average molecular weight is 204 g/mol. The highest BCUT2D eigenvalue weighted by Gasteiger charge is 2.31. The molecule has 1 aromatic carbocycles. The van der Waals surface area contributed by atoms with Crippen molar-refractivity contribution in [2.75, 3.05) is 25.0 Å². The number of hydrogen-bond donors (Lipinski definition) is 0. The molecule has 0 atom stereocenters. The highest BCUT2D eigenvalue weighted by atomic mass is 15.3. The third-order valence-corrected chi connectivity index (χ3v) is 3.33. The van der Waals surface area contributed by atoms with E-state index in [2.05, 4.69) is 61.0 Å². The van der Waals surface area contributed by atoms with E-state index in [0.29, 0.717) is 12.1 Å². The lowest BCUT2D eigenvalue weighted by Gasteiger charge is -2.47. The molecule has 0 aromatic heterocycles. The van der Waals surface area contributed by atoms with Crippen LogP contribution < -0.4 is 4.90 Å². The number of anilines is 1. The number of rotatable bonds is 3. The summed E-state index contributed by atoms with van der Waals surface area (Å²) in [6, 6.07) is 12.0. The molecule has 2 heteroatoms. The van der Waals surface area contributed by atoms with E-state index in [1.807, 2.05) is 0 Å². The van der Waals surface area contributed by atoms with E-state index in [9.17, 15) is 0 Å². The molecule has 1 aliphatic heterocycles. The molecular formula is C13H20N2. The minimum atomic E-state index is 0.686. The Bertz CT molecular complexity index is 302. The topological polar surface area (TPSA) is 6.48 Å². The summed E-state index contributed by atoms with van der Waals surface area (Å²) in [4.78, 5) is 4.89. The van der Waals surface area contributed by atoms with Crippen molar-refractivity contribution in [1.82, 2.24) is 4.90 Å². The van der Waals surface area contributed by atoms with Gasteiger partial charge < -0.3 is 4.90 Å². The van der Waals surface area contributed by atoms with Crippen molar-refractivity contribution >= 4 is 5.69 Å². The molecule has 0 amide bonds. The normalized spacial score (nSPS) is 17.9. The fraction of sp³-hybridized carbons (Fsp3) is 0.538. The summed E-state index contributed by atoms with van der Waals surface area (Å²) < 4.78 is 0. The number of likely N-dealkylation sites (N-methyl/N-ethyl adjacent to an activating group) is 1. The molecule has 1 heterocycles. The predicted octanol–water partition coefficient (Wildman–Crippen LogP) is 2.22. The van der Waals surface area contributed by atoms with Crippen LogP contribution in [-0.2, 0) is 0 Å². The summed E-state index contributed by atoms with van der Waals surface area (Å²) >= 11 is 0. The van der Waals surface area contributed by atoms with Gasteiger partial charge in [0, 0.05) is 31.9 Å². The minimum absolute atomic E-state index is 0.686. The van der Waals surface area contributed by atoms with Crippen molar-refractivity contribution in [2.24, 2.45) is 0 Å². The molecule has 82 valence electrons. The van der Waals surface area contributed by atoms with Crippen LogP contribution in [0, 0.1) is 0 Å². The smallest absolute Gasteiger partial charge is 0.0541 e. The maximum Gasteiger partial charge on any atom is 0.0541 e. The molecule has 0 saturated carbocycles. The van der Waals surface area contributed by atoms with Gasteiger partial charge in [0.15, 0.2) is 0 Å². The largest absolute Gasteiger partial charge is 0.369 e. The summed E-state index contributed by atoms with van der Waals surface area (Å²) in [6.45, 7) is 6.92. The molecule has 1 fully saturated rings. The Labute approximate surface area is 92.5 Å². The van der Waals surface area contributed by atoms with Crippen molar-refractivity contribution in [2.45, 2.75) is 25.9 Å². The second-order valence-electron chi connectivity index (χ2n) is 4.65. The van der Waals surface area contributed by atoms with Gasteiger partial charge in [0.2, 0.25) is 0 Å². The molecule has 0 N–H and O–H groups in total. The van der Waals surface area contributed by atoms with E-state index < -0.39 is 0 Å². The Balaban J connectivity index is 1.92. The Morgan fingerprint density at radius 3 is 2.33 bits per heavy atom. The van der Waals surface area contributed by atoms with Gasteiger partial charge in [-0.1, -0.05) is 18.2 Å². The van der Waals surface area contributed by atoms with Crippen molar-refractivity contribution in [1.29, 1.82) is 0 Å². The van der Waals surface area contributed by atoms with Gasteiger partial charge in [0.1, 0.15) is 0 Å². The molecule has 15 heavy (non-hydrogen) atoms. The van der Waals surface area contributed by atoms with E-state index in [1.165, 1.54) is 18.8 Å². The van der Waals surface area contributed by atoms with Crippen LogP contribution in [0.4, 0.5) is 5.69 Å². The highest BCUT2D eigenvalue weighted by Crippen LogP contribution is 2.22. The molecule has 0 bridgehead atoms. The first kappa shape index (κ1) is 10.5. The lowest BCUT2D eigenvalue weighted by atomic mass is 10.0. The van der Waals surface area contributed by atoms with Crippen molar-refractivity contribution < 1.29 is 0 Å². The molecule has 2 rings (SSSR count). The van der Waals surface area contributed by atoms with E-state index in [0.717, 1.165) is 0 Å². The van der Waals surface area contributed by atoms with E-state index >= 15 is 0 Å². The lowest BCUT2D eigenvalue weighted by molar-refractivity contribution is 0.110. The summed E-state index contributed by atoms with van der Waals surface area (Å²) in [5, 5.41) is 0. The van der Waals surface area contributed by atoms with Gasteiger partial charge in [0.05, 0.1) is 6.04 Å². The lowest BCUT2D eigenvalue weighted by Crippen LogP contribution is -2.60. The molecule has 1 saturated heterocycles. The standard InChI is InChI=1S/C13H20N2/c1-11(2)15-9-13(10-15)14(3)12-7-5-4-6-8-12/h4-8,11,13H,9-10H2,1-3H3. The Morgan fingerprint density at radius 2 is 1.80 bits per heavy atom. The van der Waals surface area contributed by atoms with E-state index in [1.54, 1.807) is 0 Å². The third kappa shape index (κ3) is 2.15. The molecule has 0 spiro atoms. The molecule has 1 aromatic rings. The van der Waals surface area contributed by atoms with Crippen LogP contribution >= 0.6 is 0 Å². The van der Waals surface area contributed by atoms with E-state index in [-0.39, 0.29) is 0 Å². The van der Waals surface area contributed by atoms with Crippen molar-refractivity contribution in [3.8, 4) is 0 Å². The summed E-state index contributed by atoms with van der Waals surface area (Å²) in [6.07, 6.45) is 0. The SMILES string of the molecule is CC(C)N1CC(N(C)c2ccccc2)C1. The van der Waals surface area contributed by atoms with Crippen LogP contribution in [-0.4, -0.2) is 37.1 Å². The van der Waals surface area contributed by atoms with Crippen LogP contribution in [0.1, 0.15) is 13.8 Å². The quantitative estimate of drug-likeness (QED) is 0.745. The van der Waals surface area contributed by atoms with Gasteiger partial charge in [-0.3, -0.25) is 4.90 Å². The van der Waals surface area contributed by atoms with Crippen molar-refractivity contribution in [3.05, 3.63) is 30.3 Å². The molecule has 0 radical (unpaired) electrons. The summed E-state index contributed by atoms with van der Waals surface area (Å²) in [7, 11) is 2.19. The maximum absolute atomic E-state index is 2.50. The van der Waals surface area contributed by atoms with Crippen LogP contribution in [0.5, 0.6) is 0 Å². The Hall–Kier alpha value is -1.02. The maximum atomic E-state index is 2.50. The number of hydrogen-bond acceptors (Lipinski definition) is 2. The average Bonchev–Trinajstić information content (AvgIpc) is 2.16.